The molecule has 0 aliphatic carbocycles. The number of halogens is 1. The van der Waals surface area contributed by atoms with Gasteiger partial charge in [0.25, 0.3) is 0 Å². The number of anilines is 1. The van der Waals surface area contributed by atoms with Gasteiger partial charge in [-0.15, -0.1) is 5.10 Å². The Morgan fingerprint density at radius 3 is 2.39 bits per heavy atom. The minimum absolute atomic E-state index is 0.120. The molecule has 1 N–H and O–H groups in total. The molecule has 4 aromatic rings. The highest BCUT2D eigenvalue weighted by Gasteiger charge is 2.33. The van der Waals surface area contributed by atoms with Crippen LogP contribution in [0.4, 0.5) is 10.1 Å². The molecule has 0 radical (unpaired) electrons. The number of carbonyl (C=O) groups is 2. The van der Waals surface area contributed by atoms with Crippen molar-refractivity contribution >= 4 is 28.5 Å². The lowest BCUT2D eigenvalue weighted by Gasteiger charge is -2.32. The molecule has 0 aliphatic heterocycles. The van der Waals surface area contributed by atoms with Gasteiger partial charge < -0.3 is 5.32 Å². The Morgan fingerprint density at radius 2 is 1.69 bits per heavy atom. The Morgan fingerprint density at radius 1 is 1.00 bits per heavy atom. The predicted octanol–water partition coefficient (Wildman–Crippen LogP) is 4.82. The van der Waals surface area contributed by atoms with Gasteiger partial charge in [-0.05, 0) is 61.2 Å². The lowest BCUT2D eigenvalue weighted by molar-refractivity contribution is -0.127. The zero-order valence-electron chi connectivity index (χ0n) is 20.7. The fraction of sp³-hybridized carbons (Fsp3) is 0.286. The van der Waals surface area contributed by atoms with Crippen molar-refractivity contribution in [2.24, 2.45) is 5.92 Å². The van der Waals surface area contributed by atoms with Crippen molar-refractivity contribution in [1.29, 1.82) is 0 Å². The molecule has 1 heterocycles. The first-order chi connectivity index (χ1) is 17.3. The van der Waals surface area contributed by atoms with Crippen molar-refractivity contribution in [3.05, 3.63) is 89.7 Å². The van der Waals surface area contributed by atoms with Crippen molar-refractivity contribution in [3.8, 4) is 0 Å². The molecule has 186 valence electrons. The van der Waals surface area contributed by atoms with E-state index >= 15 is 0 Å². The standard InChI is InChI=1S/C28H30FN5O2/c1-19(2)16-17-30-28(36)27(21-10-12-22(29)13-11-21)34(23-14-8-20(3)9-15-23)26(35)18-33-25-7-5-4-6-24(25)31-32-33/h4-15,19,27H,16-18H2,1-3H3,(H,30,36)/t27-/m1/s1. The van der Waals surface area contributed by atoms with E-state index in [4.69, 9.17) is 0 Å². The Kier molecular flexibility index (Phi) is 7.73. The van der Waals surface area contributed by atoms with Crippen LogP contribution in [0.3, 0.4) is 0 Å². The highest BCUT2D eigenvalue weighted by Crippen LogP contribution is 2.29. The second kappa shape index (κ2) is 11.1. The number of aromatic nitrogens is 3. The summed E-state index contributed by atoms with van der Waals surface area (Å²) in [5.74, 6) is -0.688. The van der Waals surface area contributed by atoms with Gasteiger partial charge in [0.15, 0.2) is 0 Å². The molecule has 8 heteroatoms. The average Bonchev–Trinajstić information content (AvgIpc) is 3.26. The summed E-state index contributed by atoms with van der Waals surface area (Å²) in [6.45, 7) is 6.46. The molecular formula is C28H30FN5O2. The van der Waals surface area contributed by atoms with Crippen LogP contribution >= 0.6 is 0 Å². The van der Waals surface area contributed by atoms with Gasteiger partial charge in [0.05, 0.1) is 5.52 Å². The zero-order chi connectivity index (χ0) is 25.7. The third-order valence-electron chi connectivity index (χ3n) is 6.00. The summed E-state index contributed by atoms with van der Waals surface area (Å²) >= 11 is 0. The largest absolute Gasteiger partial charge is 0.354 e. The van der Waals surface area contributed by atoms with Gasteiger partial charge in [-0.1, -0.05) is 61.0 Å². The monoisotopic (exact) mass is 487 g/mol. The Bertz CT molecular complexity index is 1330. The van der Waals surface area contributed by atoms with Crippen molar-refractivity contribution in [2.75, 3.05) is 11.4 Å². The van der Waals surface area contributed by atoms with E-state index in [0.717, 1.165) is 17.5 Å². The molecule has 0 aliphatic rings. The first-order valence-corrected chi connectivity index (χ1v) is 12.0. The fourth-order valence-electron chi connectivity index (χ4n) is 4.02. The number of carbonyl (C=O) groups excluding carboxylic acids is 2. The molecule has 0 spiro atoms. The second-order valence-electron chi connectivity index (χ2n) is 9.26. The number of benzene rings is 3. The smallest absolute Gasteiger partial charge is 0.249 e. The first-order valence-electron chi connectivity index (χ1n) is 12.0. The van der Waals surface area contributed by atoms with Gasteiger partial charge in [-0.2, -0.15) is 0 Å². The predicted molar refractivity (Wildman–Crippen MR) is 138 cm³/mol. The number of amides is 2. The lowest BCUT2D eigenvalue weighted by Crippen LogP contribution is -2.45. The molecule has 4 rings (SSSR count). The number of hydrogen-bond donors (Lipinski definition) is 1. The van der Waals surface area contributed by atoms with Crippen LogP contribution in [0.1, 0.15) is 37.4 Å². The molecule has 0 fully saturated rings. The van der Waals surface area contributed by atoms with Crippen LogP contribution < -0.4 is 10.2 Å². The van der Waals surface area contributed by atoms with Gasteiger partial charge in [-0.25, -0.2) is 9.07 Å². The number of para-hydroxylation sites is 1. The molecule has 3 aromatic carbocycles. The normalized spacial score (nSPS) is 12.0. The summed E-state index contributed by atoms with van der Waals surface area (Å²) in [5, 5.41) is 11.3. The van der Waals surface area contributed by atoms with E-state index in [1.165, 1.54) is 21.7 Å². The average molecular weight is 488 g/mol. The summed E-state index contributed by atoms with van der Waals surface area (Å²) in [7, 11) is 0. The van der Waals surface area contributed by atoms with Crippen LogP contribution in [-0.4, -0.2) is 33.4 Å². The van der Waals surface area contributed by atoms with Crippen molar-refractivity contribution in [3.63, 3.8) is 0 Å². The van der Waals surface area contributed by atoms with Crippen molar-refractivity contribution in [2.45, 2.75) is 39.8 Å². The highest BCUT2D eigenvalue weighted by molar-refractivity contribution is 6.01. The SMILES string of the molecule is Cc1ccc(N(C(=O)Cn2nnc3ccccc32)[C@@H](C(=O)NCCC(C)C)c2ccc(F)cc2)cc1. The van der Waals surface area contributed by atoms with E-state index in [0.29, 0.717) is 29.2 Å². The second-order valence-corrected chi connectivity index (χ2v) is 9.26. The van der Waals surface area contributed by atoms with Crippen LogP contribution in [0.2, 0.25) is 0 Å². The van der Waals surface area contributed by atoms with Gasteiger partial charge in [-0.3, -0.25) is 14.5 Å². The molecule has 36 heavy (non-hydrogen) atoms. The van der Waals surface area contributed by atoms with Crippen LogP contribution in [-0.2, 0) is 16.1 Å². The summed E-state index contributed by atoms with van der Waals surface area (Å²) in [6.07, 6.45) is 0.797. The van der Waals surface area contributed by atoms with E-state index in [2.05, 4.69) is 29.5 Å². The Labute approximate surface area is 209 Å². The molecule has 0 saturated heterocycles. The minimum atomic E-state index is -0.997. The topological polar surface area (TPSA) is 80.1 Å². The maximum Gasteiger partial charge on any atom is 0.249 e. The van der Waals surface area contributed by atoms with Crippen molar-refractivity contribution < 1.29 is 14.0 Å². The number of fused-ring (bicyclic) bond motifs is 1. The number of aryl methyl sites for hydroxylation is 1. The summed E-state index contributed by atoms with van der Waals surface area (Å²) in [4.78, 5) is 28.9. The van der Waals surface area contributed by atoms with E-state index in [1.54, 1.807) is 12.1 Å². The molecule has 0 unspecified atom stereocenters. The third-order valence-corrected chi connectivity index (χ3v) is 6.00. The van der Waals surface area contributed by atoms with Crippen LogP contribution in [0, 0.1) is 18.7 Å². The number of nitrogens with one attached hydrogen (secondary N) is 1. The Hall–Kier alpha value is -4.07. The molecule has 1 aromatic heterocycles. The van der Waals surface area contributed by atoms with E-state index in [1.807, 2.05) is 55.5 Å². The van der Waals surface area contributed by atoms with Crippen LogP contribution in [0.5, 0.6) is 0 Å². The maximum atomic E-state index is 13.9. The minimum Gasteiger partial charge on any atom is -0.354 e. The molecule has 7 nitrogen and oxygen atoms in total. The van der Waals surface area contributed by atoms with Crippen LogP contribution in [0.25, 0.3) is 11.0 Å². The van der Waals surface area contributed by atoms with Crippen LogP contribution in [0.15, 0.2) is 72.8 Å². The Balaban J connectivity index is 1.75. The van der Waals surface area contributed by atoms with Crippen molar-refractivity contribution in [1.82, 2.24) is 20.3 Å². The molecule has 1 atom stereocenters. The third kappa shape index (κ3) is 5.76. The molecule has 0 saturated carbocycles. The molecular weight excluding hydrogens is 457 g/mol. The van der Waals surface area contributed by atoms with Gasteiger partial charge >= 0.3 is 0 Å². The summed E-state index contributed by atoms with van der Waals surface area (Å²) in [6, 6.07) is 19.5. The number of hydrogen-bond acceptors (Lipinski definition) is 4. The maximum absolute atomic E-state index is 13.9. The van der Waals surface area contributed by atoms with E-state index in [9.17, 15) is 14.0 Å². The number of nitrogens with zero attached hydrogens (tertiary/aromatic N) is 4. The van der Waals surface area contributed by atoms with E-state index < -0.39 is 11.9 Å². The quantitative estimate of drug-likeness (QED) is 0.367. The fourth-order valence-corrected chi connectivity index (χ4v) is 4.02. The summed E-state index contributed by atoms with van der Waals surface area (Å²) < 4.78 is 15.3. The molecule has 2 amide bonds. The van der Waals surface area contributed by atoms with Gasteiger partial charge in [0.1, 0.15) is 23.9 Å². The van der Waals surface area contributed by atoms with Gasteiger partial charge in [0.2, 0.25) is 11.8 Å². The van der Waals surface area contributed by atoms with Gasteiger partial charge in [0, 0.05) is 12.2 Å². The lowest BCUT2D eigenvalue weighted by atomic mass is 10.0. The zero-order valence-corrected chi connectivity index (χ0v) is 20.7. The van der Waals surface area contributed by atoms with E-state index in [-0.39, 0.29) is 18.4 Å². The number of rotatable bonds is 9. The summed E-state index contributed by atoms with van der Waals surface area (Å²) in [5.41, 5.74) is 3.48. The first kappa shape index (κ1) is 25.0. The molecule has 0 bridgehead atoms. The highest BCUT2D eigenvalue weighted by atomic mass is 19.1.